The third kappa shape index (κ3) is 6.93. The van der Waals surface area contributed by atoms with E-state index in [2.05, 4.69) is 15.5 Å². The molecule has 0 saturated heterocycles. The fourth-order valence-electron chi connectivity index (χ4n) is 3.62. The van der Waals surface area contributed by atoms with E-state index in [9.17, 15) is 14.4 Å². The van der Waals surface area contributed by atoms with E-state index in [1.165, 1.54) is 6.07 Å². The minimum absolute atomic E-state index is 0.0127. The second-order valence-electron chi connectivity index (χ2n) is 8.16. The van der Waals surface area contributed by atoms with E-state index in [1.54, 1.807) is 30.3 Å². The van der Waals surface area contributed by atoms with Gasteiger partial charge in [0.25, 0.3) is 5.91 Å². The van der Waals surface area contributed by atoms with Crippen molar-refractivity contribution in [2.45, 2.75) is 20.8 Å². The SMILES string of the molecule is CCN(CC)c1ccc2cc(C(=O)NCC(=O)Nc3ccc(/C=C/C(C)=C\CO)cc3)c(=O)oc2c1. The molecule has 0 atom stereocenters. The molecule has 0 radical (unpaired) electrons. The zero-order valence-corrected chi connectivity index (χ0v) is 20.7. The van der Waals surface area contributed by atoms with E-state index in [0.717, 1.165) is 29.9 Å². The van der Waals surface area contributed by atoms with Gasteiger partial charge < -0.3 is 25.1 Å². The minimum Gasteiger partial charge on any atom is -0.422 e. The van der Waals surface area contributed by atoms with Gasteiger partial charge in [-0.3, -0.25) is 9.59 Å². The van der Waals surface area contributed by atoms with Crippen molar-refractivity contribution in [1.82, 2.24) is 5.32 Å². The van der Waals surface area contributed by atoms with Crippen LogP contribution in [-0.2, 0) is 4.79 Å². The molecule has 0 aliphatic rings. The number of anilines is 2. The number of hydrogen-bond acceptors (Lipinski definition) is 6. The topological polar surface area (TPSA) is 112 Å². The van der Waals surface area contributed by atoms with Crippen molar-refractivity contribution in [1.29, 1.82) is 0 Å². The highest BCUT2D eigenvalue weighted by molar-refractivity contribution is 6.00. The maximum Gasteiger partial charge on any atom is 0.349 e. The summed E-state index contributed by atoms with van der Waals surface area (Å²) in [4.78, 5) is 39.4. The van der Waals surface area contributed by atoms with Crippen LogP contribution >= 0.6 is 0 Å². The molecule has 0 fully saturated rings. The van der Waals surface area contributed by atoms with Gasteiger partial charge in [0.1, 0.15) is 11.1 Å². The number of nitrogens with one attached hydrogen (secondary N) is 2. The van der Waals surface area contributed by atoms with E-state index in [0.29, 0.717) is 16.7 Å². The van der Waals surface area contributed by atoms with Crippen molar-refractivity contribution < 1.29 is 19.1 Å². The zero-order valence-electron chi connectivity index (χ0n) is 20.7. The number of carbonyl (C=O) groups excluding carboxylic acids is 2. The van der Waals surface area contributed by atoms with Gasteiger partial charge in [-0.25, -0.2) is 4.79 Å². The quantitative estimate of drug-likeness (QED) is 0.294. The van der Waals surface area contributed by atoms with Crippen LogP contribution in [-0.4, -0.2) is 43.2 Å². The summed E-state index contributed by atoms with van der Waals surface area (Å²) in [6.45, 7) is 7.30. The Bertz CT molecular complexity index is 1340. The number of aliphatic hydroxyl groups excluding tert-OH is 1. The molecule has 0 spiro atoms. The van der Waals surface area contributed by atoms with Gasteiger partial charge >= 0.3 is 5.63 Å². The Hall–Kier alpha value is -4.17. The molecule has 8 heteroatoms. The third-order valence-corrected chi connectivity index (χ3v) is 5.65. The number of rotatable bonds is 10. The first-order valence-corrected chi connectivity index (χ1v) is 11.8. The predicted molar refractivity (Wildman–Crippen MR) is 143 cm³/mol. The van der Waals surface area contributed by atoms with Crippen molar-refractivity contribution in [3.8, 4) is 0 Å². The van der Waals surface area contributed by atoms with Crippen LogP contribution in [0.1, 0.15) is 36.7 Å². The highest BCUT2D eigenvalue weighted by atomic mass is 16.4. The van der Waals surface area contributed by atoms with Gasteiger partial charge in [0.2, 0.25) is 5.91 Å². The number of allylic oxidation sites excluding steroid dienone is 2. The molecule has 2 aromatic carbocycles. The van der Waals surface area contributed by atoms with Gasteiger partial charge in [-0.15, -0.1) is 0 Å². The summed E-state index contributed by atoms with van der Waals surface area (Å²) < 4.78 is 5.39. The number of aliphatic hydroxyl groups is 1. The second-order valence-corrected chi connectivity index (χ2v) is 8.16. The van der Waals surface area contributed by atoms with Crippen molar-refractivity contribution >= 4 is 40.2 Å². The molecule has 0 bridgehead atoms. The number of fused-ring (bicyclic) bond motifs is 1. The van der Waals surface area contributed by atoms with Crippen LogP contribution < -0.4 is 21.2 Å². The molecular formula is C28H31N3O5. The van der Waals surface area contributed by atoms with Crippen molar-refractivity contribution in [3.05, 3.63) is 87.8 Å². The lowest BCUT2D eigenvalue weighted by molar-refractivity contribution is -0.115. The summed E-state index contributed by atoms with van der Waals surface area (Å²) in [7, 11) is 0. The lowest BCUT2D eigenvalue weighted by Gasteiger charge is -2.21. The fraction of sp³-hybridized carbons (Fsp3) is 0.250. The monoisotopic (exact) mass is 489 g/mol. The van der Waals surface area contributed by atoms with Crippen molar-refractivity contribution in [2.75, 3.05) is 36.5 Å². The van der Waals surface area contributed by atoms with Crippen molar-refractivity contribution in [3.63, 3.8) is 0 Å². The van der Waals surface area contributed by atoms with E-state index < -0.39 is 17.4 Å². The van der Waals surface area contributed by atoms with Crippen LogP contribution in [0.2, 0.25) is 0 Å². The number of hydrogen-bond donors (Lipinski definition) is 3. The molecule has 36 heavy (non-hydrogen) atoms. The summed E-state index contributed by atoms with van der Waals surface area (Å²) in [6.07, 6.45) is 5.48. The van der Waals surface area contributed by atoms with E-state index in [4.69, 9.17) is 9.52 Å². The first-order chi connectivity index (χ1) is 17.3. The standard InChI is InChI=1S/C28H31N3O5/c1-4-31(5-2)23-13-10-21-16-24(28(35)36-25(21)17-23)27(34)29-18-26(33)30-22-11-8-20(9-12-22)7-6-19(3)14-15-32/h6-14,16-17,32H,4-5,15,18H2,1-3H3,(H,29,34)(H,30,33)/b7-6+,19-14-. The molecule has 0 aliphatic carbocycles. The second kappa shape index (κ2) is 12.5. The minimum atomic E-state index is -0.759. The van der Waals surface area contributed by atoms with Gasteiger partial charge in [0.15, 0.2) is 0 Å². The molecule has 3 rings (SSSR count). The summed E-state index contributed by atoms with van der Waals surface area (Å²) in [5.74, 6) is -1.11. The number of nitrogens with zero attached hydrogens (tertiary/aromatic N) is 1. The average molecular weight is 490 g/mol. The Balaban J connectivity index is 1.60. The summed E-state index contributed by atoms with van der Waals surface area (Å²) in [6, 6.07) is 14.1. The van der Waals surface area contributed by atoms with E-state index >= 15 is 0 Å². The summed E-state index contributed by atoms with van der Waals surface area (Å²) in [5, 5.41) is 14.7. The Morgan fingerprint density at radius 1 is 1.06 bits per heavy atom. The Kier molecular flexibility index (Phi) is 9.19. The molecule has 2 amide bonds. The molecule has 1 aromatic heterocycles. The van der Waals surface area contributed by atoms with Gasteiger partial charge in [-0.1, -0.05) is 35.9 Å². The zero-order chi connectivity index (χ0) is 26.1. The molecular weight excluding hydrogens is 458 g/mol. The molecule has 3 N–H and O–H groups in total. The van der Waals surface area contributed by atoms with Crippen LogP contribution in [0.25, 0.3) is 17.0 Å². The molecule has 0 unspecified atom stereocenters. The van der Waals surface area contributed by atoms with Crippen LogP contribution in [0.15, 0.2) is 75.5 Å². The average Bonchev–Trinajstić information content (AvgIpc) is 2.87. The van der Waals surface area contributed by atoms with Crippen LogP contribution in [0.3, 0.4) is 0 Å². The third-order valence-electron chi connectivity index (χ3n) is 5.65. The Morgan fingerprint density at radius 3 is 2.44 bits per heavy atom. The molecule has 8 nitrogen and oxygen atoms in total. The normalized spacial score (nSPS) is 11.6. The van der Waals surface area contributed by atoms with Crippen LogP contribution in [0.5, 0.6) is 0 Å². The largest absolute Gasteiger partial charge is 0.422 e. The maximum absolute atomic E-state index is 12.6. The van der Waals surface area contributed by atoms with Gasteiger partial charge in [0, 0.05) is 35.9 Å². The smallest absolute Gasteiger partial charge is 0.349 e. The lowest BCUT2D eigenvalue weighted by atomic mass is 10.1. The number of carbonyl (C=O) groups is 2. The van der Waals surface area contributed by atoms with Gasteiger partial charge in [-0.05, 0) is 56.7 Å². The maximum atomic E-state index is 12.6. The number of benzene rings is 2. The highest BCUT2D eigenvalue weighted by Crippen LogP contribution is 2.22. The predicted octanol–water partition coefficient (Wildman–Crippen LogP) is 3.96. The van der Waals surface area contributed by atoms with E-state index in [1.807, 2.05) is 51.1 Å². The van der Waals surface area contributed by atoms with Gasteiger partial charge in [0.05, 0.1) is 13.2 Å². The lowest BCUT2D eigenvalue weighted by Crippen LogP contribution is -2.35. The molecule has 188 valence electrons. The van der Waals surface area contributed by atoms with Gasteiger partial charge in [-0.2, -0.15) is 0 Å². The van der Waals surface area contributed by atoms with E-state index in [-0.39, 0.29) is 18.7 Å². The number of amides is 2. The van der Waals surface area contributed by atoms with Crippen molar-refractivity contribution in [2.24, 2.45) is 0 Å². The highest BCUT2D eigenvalue weighted by Gasteiger charge is 2.15. The van der Waals surface area contributed by atoms with Crippen LogP contribution in [0.4, 0.5) is 11.4 Å². The molecule has 3 aromatic rings. The molecule has 0 aliphatic heterocycles. The summed E-state index contributed by atoms with van der Waals surface area (Å²) >= 11 is 0. The first kappa shape index (κ1) is 26.4. The molecule has 1 heterocycles. The van der Waals surface area contributed by atoms with Crippen LogP contribution in [0, 0.1) is 0 Å². The first-order valence-electron chi connectivity index (χ1n) is 11.8. The fourth-order valence-corrected chi connectivity index (χ4v) is 3.62. The summed E-state index contributed by atoms with van der Waals surface area (Å²) in [5.41, 5.74) is 2.86. The Morgan fingerprint density at radius 2 is 1.78 bits per heavy atom. The Labute approximate surface area is 209 Å². The molecule has 0 saturated carbocycles.